The number of hydrogen-bond donors (Lipinski definition) is 1. The molecule has 28 heavy (non-hydrogen) atoms. The van der Waals surface area contributed by atoms with Gasteiger partial charge in [-0.25, -0.2) is 4.68 Å². The molecule has 0 aliphatic carbocycles. The molecule has 1 amide bonds. The Morgan fingerprint density at radius 3 is 2.50 bits per heavy atom. The van der Waals surface area contributed by atoms with E-state index in [1.807, 2.05) is 49.4 Å². The first-order chi connectivity index (χ1) is 13.5. The number of aromatic nitrogens is 4. The normalized spacial score (nSPS) is 11.8. The van der Waals surface area contributed by atoms with Crippen molar-refractivity contribution in [1.29, 1.82) is 0 Å². The van der Waals surface area contributed by atoms with Crippen molar-refractivity contribution in [3.05, 3.63) is 71.3 Å². The molecule has 1 heterocycles. The van der Waals surface area contributed by atoms with Crippen LogP contribution in [0, 0.1) is 0 Å². The van der Waals surface area contributed by atoms with Crippen LogP contribution in [0.3, 0.4) is 0 Å². The lowest BCUT2D eigenvalue weighted by atomic mass is 10.0. The Morgan fingerprint density at radius 1 is 1.11 bits per heavy atom. The minimum absolute atomic E-state index is 0.00186. The molecule has 3 rings (SSSR count). The van der Waals surface area contributed by atoms with Gasteiger partial charge >= 0.3 is 0 Å². The maximum Gasteiger partial charge on any atom is 0.217 e. The van der Waals surface area contributed by atoms with E-state index < -0.39 is 0 Å². The maximum atomic E-state index is 12.5. The van der Waals surface area contributed by atoms with Gasteiger partial charge in [-0.15, -0.1) is 5.10 Å². The number of hydrogen-bond acceptors (Lipinski definition) is 6. The van der Waals surface area contributed by atoms with Crippen molar-refractivity contribution in [2.75, 3.05) is 5.75 Å². The molecular formula is C20H21N5O2S. The standard InChI is InChI=1S/C20H21N5O2S/c1-14(21-15(2)26)17-8-10-18(11-9-17)19(27)13-28-20-22-23-24-25(20)12-16-6-4-3-5-7-16/h3-11,14H,12-13H2,1-2H3,(H,21,26). The summed E-state index contributed by atoms with van der Waals surface area (Å²) in [6, 6.07) is 17.1. The molecule has 0 saturated heterocycles. The summed E-state index contributed by atoms with van der Waals surface area (Å²) in [6.07, 6.45) is 0. The summed E-state index contributed by atoms with van der Waals surface area (Å²) in [5.74, 6) is 0.158. The van der Waals surface area contributed by atoms with E-state index in [-0.39, 0.29) is 23.5 Å². The van der Waals surface area contributed by atoms with Crippen LogP contribution in [0.25, 0.3) is 0 Å². The van der Waals surface area contributed by atoms with E-state index >= 15 is 0 Å². The van der Waals surface area contributed by atoms with E-state index in [4.69, 9.17) is 0 Å². The molecule has 3 aromatic rings. The highest BCUT2D eigenvalue weighted by atomic mass is 32.2. The number of rotatable bonds is 8. The van der Waals surface area contributed by atoms with E-state index in [9.17, 15) is 9.59 Å². The SMILES string of the molecule is CC(=O)NC(C)c1ccc(C(=O)CSc2nnnn2Cc2ccccc2)cc1. The zero-order chi connectivity index (χ0) is 19.9. The molecule has 0 bridgehead atoms. The number of ketones is 1. The molecule has 0 fully saturated rings. The van der Waals surface area contributed by atoms with Crippen molar-refractivity contribution < 1.29 is 9.59 Å². The number of Topliss-reactive ketones (excluding diaryl/α,β-unsaturated/α-hetero) is 1. The zero-order valence-electron chi connectivity index (χ0n) is 15.7. The van der Waals surface area contributed by atoms with E-state index in [2.05, 4.69) is 20.8 Å². The molecule has 1 unspecified atom stereocenters. The number of amides is 1. The van der Waals surface area contributed by atoms with E-state index in [0.29, 0.717) is 17.3 Å². The number of nitrogens with zero attached hydrogens (tertiary/aromatic N) is 4. The fourth-order valence-electron chi connectivity index (χ4n) is 2.71. The van der Waals surface area contributed by atoms with Gasteiger partial charge in [0.05, 0.1) is 18.3 Å². The Kier molecular flexibility index (Phi) is 6.54. The fourth-order valence-corrected chi connectivity index (χ4v) is 3.49. The number of carbonyl (C=O) groups excluding carboxylic acids is 2. The lowest BCUT2D eigenvalue weighted by molar-refractivity contribution is -0.119. The summed E-state index contributed by atoms with van der Waals surface area (Å²) in [7, 11) is 0. The van der Waals surface area contributed by atoms with Crippen LogP contribution in [-0.2, 0) is 11.3 Å². The average molecular weight is 395 g/mol. The average Bonchev–Trinajstić information content (AvgIpc) is 3.13. The first-order valence-corrected chi connectivity index (χ1v) is 9.84. The minimum Gasteiger partial charge on any atom is -0.350 e. The molecule has 1 atom stereocenters. The zero-order valence-corrected chi connectivity index (χ0v) is 16.5. The summed E-state index contributed by atoms with van der Waals surface area (Å²) in [6.45, 7) is 3.94. The Bertz CT molecular complexity index is 941. The van der Waals surface area contributed by atoms with Crippen LogP contribution in [0.15, 0.2) is 59.8 Å². The van der Waals surface area contributed by atoms with Crippen molar-refractivity contribution in [2.45, 2.75) is 31.6 Å². The van der Waals surface area contributed by atoms with Gasteiger partial charge in [0.1, 0.15) is 0 Å². The number of thioether (sulfide) groups is 1. The van der Waals surface area contributed by atoms with Gasteiger partial charge < -0.3 is 5.32 Å². The van der Waals surface area contributed by atoms with Gasteiger partial charge in [-0.1, -0.05) is 66.4 Å². The van der Waals surface area contributed by atoms with Gasteiger partial charge in [0.15, 0.2) is 5.78 Å². The molecule has 0 spiro atoms. The van der Waals surface area contributed by atoms with Crippen molar-refractivity contribution in [1.82, 2.24) is 25.5 Å². The maximum absolute atomic E-state index is 12.5. The van der Waals surface area contributed by atoms with Crippen molar-refractivity contribution in [3.63, 3.8) is 0 Å². The van der Waals surface area contributed by atoms with Gasteiger partial charge in [-0.05, 0) is 28.5 Å². The monoisotopic (exact) mass is 395 g/mol. The highest BCUT2D eigenvalue weighted by Crippen LogP contribution is 2.19. The fraction of sp³-hybridized carbons (Fsp3) is 0.250. The molecular weight excluding hydrogens is 374 g/mol. The molecule has 7 nitrogen and oxygen atoms in total. The van der Waals surface area contributed by atoms with Crippen LogP contribution in [0.2, 0.25) is 0 Å². The third-order valence-electron chi connectivity index (χ3n) is 4.16. The predicted octanol–water partition coefficient (Wildman–Crippen LogP) is 2.89. The summed E-state index contributed by atoms with van der Waals surface area (Å²) >= 11 is 1.32. The van der Waals surface area contributed by atoms with Crippen LogP contribution in [0.4, 0.5) is 0 Å². The second-order valence-electron chi connectivity index (χ2n) is 6.36. The summed E-state index contributed by atoms with van der Waals surface area (Å²) in [4.78, 5) is 23.7. The van der Waals surface area contributed by atoms with Crippen LogP contribution >= 0.6 is 11.8 Å². The van der Waals surface area contributed by atoms with Gasteiger partial charge in [-0.2, -0.15) is 0 Å². The molecule has 2 aromatic carbocycles. The number of benzene rings is 2. The molecule has 0 radical (unpaired) electrons. The molecule has 8 heteroatoms. The molecule has 1 aromatic heterocycles. The summed E-state index contributed by atoms with van der Waals surface area (Å²) in [5, 5.41) is 15.2. The second kappa shape index (κ2) is 9.27. The van der Waals surface area contributed by atoms with Crippen molar-refractivity contribution in [2.24, 2.45) is 0 Å². The van der Waals surface area contributed by atoms with E-state index in [1.165, 1.54) is 18.7 Å². The van der Waals surface area contributed by atoms with Crippen LogP contribution in [0.1, 0.15) is 41.4 Å². The predicted molar refractivity (Wildman–Crippen MR) is 107 cm³/mol. The van der Waals surface area contributed by atoms with E-state index in [0.717, 1.165) is 11.1 Å². The third kappa shape index (κ3) is 5.26. The number of carbonyl (C=O) groups is 2. The van der Waals surface area contributed by atoms with E-state index in [1.54, 1.807) is 16.8 Å². The molecule has 0 aliphatic heterocycles. The Balaban J connectivity index is 1.59. The molecule has 0 aliphatic rings. The molecule has 144 valence electrons. The van der Waals surface area contributed by atoms with Crippen LogP contribution in [-0.4, -0.2) is 37.7 Å². The second-order valence-corrected chi connectivity index (χ2v) is 7.30. The Labute approximate surface area is 167 Å². The first-order valence-electron chi connectivity index (χ1n) is 8.86. The topological polar surface area (TPSA) is 89.8 Å². The van der Waals surface area contributed by atoms with Crippen molar-refractivity contribution >= 4 is 23.5 Å². The molecule has 1 N–H and O–H groups in total. The molecule has 0 saturated carbocycles. The Hall–Kier alpha value is -3.00. The van der Waals surface area contributed by atoms with Crippen molar-refractivity contribution in [3.8, 4) is 0 Å². The van der Waals surface area contributed by atoms with Gasteiger partial charge in [0, 0.05) is 12.5 Å². The summed E-state index contributed by atoms with van der Waals surface area (Å²) < 4.78 is 1.69. The van der Waals surface area contributed by atoms with Gasteiger partial charge in [-0.3, -0.25) is 9.59 Å². The summed E-state index contributed by atoms with van der Waals surface area (Å²) in [5.41, 5.74) is 2.66. The largest absolute Gasteiger partial charge is 0.350 e. The first kappa shape index (κ1) is 19.8. The van der Waals surface area contributed by atoms with Crippen LogP contribution in [0.5, 0.6) is 0 Å². The highest BCUT2D eigenvalue weighted by molar-refractivity contribution is 7.99. The van der Waals surface area contributed by atoms with Crippen LogP contribution < -0.4 is 5.32 Å². The van der Waals surface area contributed by atoms with Gasteiger partial charge in [0.25, 0.3) is 0 Å². The highest BCUT2D eigenvalue weighted by Gasteiger charge is 2.13. The number of tetrazole rings is 1. The Morgan fingerprint density at radius 2 is 1.82 bits per heavy atom. The number of nitrogens with one attached hydrogen (secondary N) is 1. The third-order valence-corrected chi connectivity index (χ3v) is 5.12. The smallest absolute Gasteiger partial charge is 0.217 e. The quantitative estimate of drug-likeness (QED) is 0.466. The lowest BCUT2D eigenvalue weighted by Gasteiger charge is -2.13. The van der Waals surface area contributed by atoms with Gasteiger partial charge in [0.2, 0.25) is 11.1 Å². The minimum atomic E-state index is -0.0985. The lowest BCUT2D eigenvalue weighted by Crippen LogP contribution is -2.23.